The third-order valence-corrected chi connectivity index (χ3v) is 7.11. The van der Waals surface area contributed by atoms with Gasteiger partial charge in [0.15, 0.2) is 5.13 Å². The lowest BCUT2D eigenvalue weighted by atomic mass is 9.95. The highest BCUT2D eigenvalue weighted by Gasteiger charge is 2.48. The predicted molar refractivity (Wildman–Crippen MR) is 140 cm³/mol. The van der Waals surface area contributed by atoms with E-state index in [-0.39, 0.29) is 11.3 Å². The van der Waals surface area contributed by atoms with Crippen LogP contribution >= 0.6 is 22.9 Å². The highest BCUT2D eigenvalue weighted by atomic mass is 35.5. The zero-order valence-electron chi connectivity index (χ0n) is 19.4. The number of Topliss-reactive ketones (excluding diaryl/α,β-unsaturated/α-hetero) is 1. The molecule has 1 N–H and O–H groups in total. The summed E-state index contributed by atoms with van der Waals surface area (Å²) in [6.07, 6.45) is 0. The SMILES string of the molecule is CCOc1cccc(C(O)=C2C(=O)C(=O)N(c3nc4ccc(OC)cc4s3)C2c2ccc(Cl)cc2)c1. The quantitative estimate of drug-likeness (QED) is 0.191. The largest absolute Gasteiger partial charge is 0.507 e. The Kier molecular flexibility index (Phi) is 6.38. The number of rotatable bonds is 6. The molecular formula is C27H21ClN2O5S. The minimum absolute atomic E-state index is 0.0344. The Bertz CT molecular complexity index is 1510. The van der Waals surface area contributed by atoms with Gasteiger partial charge >= 0.3 is 5.91 Å². The fourth-order valence-electron chi connectivity index (χ4n) is 4.17. The van der Waals surface area contributed by atoms with Gasteiger partial charge in [-0.1, -0.05) is 47.2 Å². The van der Waals surface area contributed by atoms with Crippen molar-refractivity contribution < 1.29 is 24.2 Å². The smallest absolute Gasteiger partial charge is 0.301 e. The number of anilines is 1. The summed E-state index contributed by atoms with van der Waals surface area (Å²) in [7, 11) is 1.57. The second-order valence-corrected chi connectivity index (χ2v) is 9.46. The Labute approximate surface area is 216 Å². The standard InChI is InChI=1S/C27H21ClN2O5S/c1-3-35-19-6-4-5-16(13-19)24(31)22-23(15-7-9-17(28)10-8-15)30(26(33)25(22)32)27-29-20-12-11-18(34-2)14-21(20)36-27/h4-14,23,31H,3H2,1-2H3. The van der Waals surface area contributed by atoms with Gasteiger partial charge in [-0.05, 0) is 55.0 Å². The van der Waals surface area contributed by atoms with Crippen LogP contribution in [0.2, 0.25) is 5.02 Å². The van der Waals surface area contributed by atoms with E-state index in [1.54, 1.807) is 67.8 Å². The van der Waals surface area contributed by atoms with Crippen molar-refractivity contribution in [1.82, 2.24) is 4.98 Å². The summed E-state index contributed by atoms with van der Waals surface area (Å²) in [4.78, 5) is 32.7. The molecule has 1 atom stereocenters. The number of ether oxygens (including phenoxy) is 2. The lowest BCUT2D eigenvalue weighted by Crippen LogP contribution is -2.29. The monoisotopic (exact) mass is 520 g/mol. The van der Waals surface area contributed by atoms with Gasteiger partial charge in [0.2, 0.25) is 0 Å². The highest BCUT2D eigenvalue weighted by Crippen LogP contribution is 2.45. The van der Waals surface area contributed by atoms with Crippen LogP contribution in [0.5, 0.6) is 11.5 Å². The summed E-state index contributed by atoms with van der Waals surface area (Å²) < 4.78 is 11.6. The van der Waals surface area contributed by atoms with E-state index in [0.29, 0.717) is 44.9 Å². The first-order chi connectivity index (χ1) is 17.4. The molecule has 36 heavy (non-hydrogen) atoms. The molecule has 1 aliphatic rings. The van der Waals surface area contributed by atoms with Crippen LogP contribution in [0.4, 0.5) is 5.13 Å². The summed E-state index contributed by atoms with van der Waals surface area (Å²) >= 11 is 7.37. The van der Waals surface area contributed by atoms with Crippen LogP contribution in [0.3, 0.4) is 0 Å². The second kappa shape index (κ2) is 9.64. The number of aromatic nitrogens is 1. The van der Waals surface area contributed by atoms with Crippen molar-refractivity contribution in [2.45, 2.75) is 13.0 Å². The average molecular weight is 521 g/mol. The van der Waals surface area contributed by atoms with Crippen molar-refractivity contribution >= 4 is 55.7 Å². The first-order valence-corrected chi connectivity index (χ1v) is 12.3. The Hall–Kier alpha value is -3.88. The van der Waals surface area contributed by atoms with Gasteiger partial charge in [-0.2, -0.15) is 0 Å². The molecule has 0 bridgehead atoms. The van der Waals surface area contributed by atoms with Gasteiger partial charge < -0.3 is 14.6 Å². The third-order valence-electron chi connectivity index (χ3n) is 5.84. The molecule has 1 aliphatic heterocycles. The molecule has 0 spiro atoms. The second-order valence-electron chi connectivity index (χ2n) is 8.01. The number of hydrogen-bond acceptors (Lipinski definition) is 7. The van der Waals surface area contributed by atoms with E-state index >= 15 is 0 Å². The van der Waals surface area contributed by atoms with E-state index in [9.17, 15) is 14.7 Å². The predicted octanol–water partition coefficient (Wildman–Crippen LogP) is 5.98. The molecule has 1 unspecified atom stereocenters. The molecule has 7 nitrogen and oxygen atoms in total. The molecule has 1 aromatic heterocycles. The summed E-state index contributed by atoms with van der Waals surface area (Å²) in [5, 5.41) is 12.2. The van der Waals surface area contributed by atoms with Crippen molar-refractivity contribution in [3.8, 4) is 11.5 Å². The van der Waals surface area contributed by atoms with Crippen LogP contribution < -0.4 is 14.4 Å². The Morgan fingerprint density at radius 1 is 1.08 bits per heavy atom. The van der Waals surface area contributed by atoms with Gasteiger partial charge in [0, 0.05) is 10.6 Å². The maximum absolute atomic E-state index is 13.4. The summed E-state index contributed by atoms with van der Waals surface area (Å²) in [6, 6.07) is 18.1. The number of ketones is 1. The maximum Gasteiger partial charge on any atom is 0.301 e. The van der Waals surface area contributed by atoms with Gasteiger partial charge in [-0.25, -0.2) is 4.98 Å². The van der Waals surface area contributed by atoms with E-state index < -0.39 is 17.7 Å². The van der Waals surface area contributed by atoms with Gasteiger partial charge in [-0.15, -0.1) is 0 Å². The minimum atomic E-state index is -0.902. The first-order valence-electron chi connectivity index (χ1n) is 11.2. The van der Waals surface area contributed by atoms with E-state index in [1.807, 2.05) is 13.0 Å². The molecule has 182 valence electrons. The molecule has 2 heterocycles. The summed E-state index contributed by atoms with van der Waals surface area (Å²) in [6.45, 7) is 2.30. The lowest BCUT2D eigenvalue weighted by Gasteiger charge is -2.23. The van der Waals surface area contributed by atoms with E-state index in [0.717, 1.165) is 4.70 Å². The molecule has 3 aromatic carbocycles. The highest BCUT2D eigenvalue weighted by molar-refractivity contribution is 7.22. The van der Waals surface area contributed by atoms with E-state index in [4.69, 9.17) is 21.1 Å². The van der Waals surface area contributed by atoms with Crippen molar-refractivity contribution in [3.63, 3.8) is 0 Å². The maximum atomic E-state index is 13.4. The Balaban J connectivity index is 1.69. The number of aliphatic hydroxyl groups excluding tert-OH is 1. The Morgan fingerprint density at radius 2 is 1.86 bits per heavy atom. The number of halogens is 1. The third kappa shape index (κ3) is 4.19. The molecule has 1 fully saturated rings. The van der Waals surface area contributed by atoms with Crippen molar-refractivity contribution in [2.75, 3.05) is 18.6 Å². The number of carbonyl (C=O) groups excluding carboxylic acids is 2. The van der Waals surface area contributed by atoms with E-state index in [1.165, 1.54) is 16.2 Å². The van der Waals surface area contributed by atoms with Crippen molar-refractivity contribution in [1.29, 1.82) is 0 Å². The molecule has 0 aliphatic carbocycles. The van der Waals surface area contributed by atoms with Crippen LogP contribution in [0.15, 0.2) is 72.3 Å². The number of nitrogens with zero attached hydrogens (tertiary/aromatic N) is 2. The zero-order valence-corrected chi connectivity index (χ0v) is 21.0. The molecule has 0 saturated carbocycles. The lowest BCUT2D eigenvalue weighted by molar-refractivity contribution is -0.132. The summed E-state index contributed by atoms with van der Waals surface area (Å²) in [5.41, 5.74) is 1.61. The van der Waals surface area contributed by atoms with Gasteiger partial charge in [0.1, 0.15) is 17.3 Å². The number of carbonyl (C=O) groups is 2. The van der Waals surface area contributed by atoms with Crippen LogP contribution in [0.1, 0.15) is 24.1 Å². The molecule has 4 aromatic rings. The van der Waals surface area contributed by atoms with E-state index in [2.05, 4.69) is 4.98 Å². The number of thiazole rings is 1. The fourth-order valence-corrected chi connectivity index (χ4v) is 5.32. The normalized spacial score (nSPS) is 17.1. The van der Waals surface area contributed by atoms with Gasteiger partial charge in [-0.3, -0.25) is 14.5 Å². The number of benzene rings is 3. The van der Waals surface area contributed by atoms with Crippen LogP contribution in [-0.2, 0) is 9.59 Å². The molecule has 9 heteroatoms. The Morgan fingerprint density at radius 3 is 2.58 bits per heavy atom. The van der Waals surface area contributed by atoms with Crippen LogP contribution in [0, 0.1) is 0 Å². The van der Waals surface area contributed by atoms with Gasteiger partial charge in [0.25, 0.3) is 5.78 Å². The number of amides is 1. The molecule has 0 radical (unpaired) electrons. The van der Waals surface area contributed by atoms with Crippen LogP contribution in [0.25, 0.3) is 16.0 Å². The molecule has 1 amide bonds. The zero-order chi connectivity index (χ0) is 25.4. The van der Waals surface area contributed by atoms with Crippen molar-refractivity contribution in [3.05, 3.63) is 88.5 Å². The van der Waals surface area contributed by atoms with Crippen LogP contribution in [-0.4, -0.2) is 35.5 Å². The number of aliphatic hydroxyl groups is 1. The molecule has 5 rings (SSSR count). The minimum Gasteiger partial charge on any atom is -0.507 e. The molecule has 1 saturated heterocycles. The average Bonchev–Trinajstić information content (AvgIpc) is 3.42. The topological polar surface area (TPSA) is 89.0 Å². The number of hydrogen-bond donors (Lipinski definition) is 1. The first kappa shape index (κ1) is 23.8. The summed E-state index contributed by atoms with van der Waals surface area (Å²) in [5.74, 6) is -0.670. The fraction of sp³-hybridized carbons (Fsp3) is 0.148. The number of fused-ring (bicyclic) bond motifs is 1. The van der Waals surface area contributed by atoms with Crippen molar-refractivity contribution in [2.24, 2.45) is 0 Å². The molecular weight excluding hydrogens is 500 g/mol. The number of methoxy groups -OCH3 is 1. The van der Waals surface area contributed by atoms with Gasteiger partial charge in [0.05, 0.1) is 35.5 Å².